The monoisotopic (exact) mass is 298 g/mol. The fraction of sp³-hybridized carbons (Fsp3) is 0.0909. The topological polar surface area (TPSA) is 35.0 Å². The Balaban J connectivity index is 2.09. The minimum atomic E-state index is 0.384. The summed E-state index contributed by atoms with van der Waals surface area (Å²) in [5.41, 5.74) is 0.926. The van der Waals surface area contributed by atoms with Gasteiger partial charge in [-0.2, -0.15) is 0 Å². The number of ether oxygens (including phenoxy) is 1. The first-order valence-corrected chi connectivity index (χ1v) is 5.76. The molecule has 1 heterocycles. The molecule has 16 heavy (non-hydrogen) atoms. The van der Waals surface area contributed by atoms with Crippen molar-refractivity contribution in [1.82, 2.24) is 9.97 Å². The Hall–Kier alpha value is -1.13. The van der Waals surface area contributed by atoms with Crippen LogP contribution in [0.25, 0.3) is 0 Å². The van der Waals surface area contributed by atoms with Crippen LogP contribution in [0.1, 0.15) is 5.56 Å². The Morgan fingerprint density at radius 3 is 2.88 bits per heavy atom. The van der Waals surface area contributed by atoms with Crippen LogP contribution in [0.3, 0.4) is 0 Å². The average molecular weight is 300 g/mol. The Labute approximate surface area is 107 Å². The van der Waals surface area contributed by atoms with Gasteiger partial charge in [-0.1, -0.05) is 29.8 Å². The molecule has 0 radical (unpaired) electrons. The van der Waals surface area contributed by atoms with Gasteiger partial charge < -0.3 is 4.74 Å². The molecule has 0 aliphatic carbocycles. The van der Waals surface area contributed by atoms with E-state index < -0.39 is 0 Å². The van der Waals surface area contributed by atoms with Crippen LogP contribution in [0.4, 0.5) is 0 Å². The molecule has 82 valence electrons. The SMILES string of the molecule is Clc1ccccc1COc1ncncc1Br. The molecule has 2 rings (SSSR count). The summed E-state index contributed by atoms with van der Waals surface area (Å²) < 4.78 is 6.25. The molecule has 0 atom stereocenters. The molecule has 1 aromatic heterocycles. The summed E-state index contributed by atoms with van der Waals surface area (Å²) >= 11 is 9.31. The average Bonchev–Trinajstić information content (AvgIpc) is 2.30. The molecule has 0 bridgehead atoms. The van der Waals surface area contributed by atoms with E-state index in [1.807, 2.05) is 24.3 Å². The standard InChI is InChI=1S/C11H8BrClN2O/c12-9-5-14-7-15-11(9)16-6-8-3-1-2-4-10(8)13/h1-5,7H,6H2. The summed E-state index contributed by atoms with van der Waals surface area (Å²) in [5.74, 6) is 0.509. The molecule has 0 spiro atoms. The van der Waals surface area contributed by atoms with Crippen LogP contribution < -0.4 is 4.74 Å². The zero-order valence-corrected chi connectivity index (χ0v) is 10.6. The van der Waals surface area contributed by atoms with Crippen LogP contribution >= 0.6 is 27.5 Å². The number of hydrogen-bond donors (Lipinski definition) is 0. The van der Waals surface area contributed by atoms with Gasteiger partial charge in [-0.25, -0.2) is 9.97 Å². The van der Waals surface area contributed by atoms with Crippen LogP contribution in [-0.2, 0) is 6.61 Å². The lowest BCUT2D eigenvalue weighted by atomic mass is 10.2. The molecule has 3 nitrogen and oxygen atoms in total. The highest BCUT2D eigenvalue weighted by atomic mass is 79.9. The van der Waals surface area contributed by atoms with Gasteiger partial charge in [-0.15, -0.1) is 0 Å². The summed E-state index contributed by atoms with van der Waals surface area (Å²) in [6.45, 7) is 0.384. The van der Waals surface area contributed by atoms with E-state index in [1.165, 1.54) is 6.33 Å². The maximum Gasteiger partial charge on any atom is 0.231 e. The van der Waals surface area contributed by atoms with Crippen molar-refractivity contribution in [3.05, 3.63) is 51.8 Å². The van der Waals surface area contributed by atoms with E-state index >= 15 is 0 Å². The quantitative estimate of drug-likeness (QED) is 0.870. The summed E-state index contributed by atoms with van der Waals surface area (Å²) in [5, 5.41) is 0.688. The molecule has 0 saturated heterocycles. The summed E-state index contributed by atoms with van der Waals surface area (Å²) in [6, 6.07) is 7.54. The third kappa shape index (κ3) is 2.71. The Morgan fingerprint density at radius 2 is 2.12 bits per heavy atom. The normalized spacial score (nSPS) is 10.1. The number of rotatable bonds is 3. The van der Waals surface area contributed by atoms with E-state index in [-0.39, 0.29) is 0 Å². The van der Waals surface area contributed by atoms with Crippen molar-refractivity contribution in [2.75, 3.05) is 0 Å². The highest BCUT2D eigenvalue weighted by Crippen LogP contribution is 2.22. The zero-order valence-electron chi connectivity index (χ0n) is 8.23. The molecule has 2 aromatic rings. The van der Waals surface area contributed by atoms with Crippen LogP contribution in [0.5, 0.6) is 5.88 Å². The molecule has 0 fully saturated rings. The summed E-state index contributed by atoms with van der Waals surface area (Å²) in [6.07, 6.45) is 3.07. The van der Waals surface area contributed by atoms with Crippen molar-refractivity contribution in [2.45, 2.75) is 6.61 Å². The third-order valence-electron chi connectivity index (χ3n) is 1.96. The van der Waals surface area contributed by atoms with E-state index in [0.29, 0.717) is 17.5 Å². The number of benzene rings is 1. The van der Waals surface area contributed by atoms with E-state index in [0.717, 1.165) is 10.0 Å². The van der Waals surface area contributed by atoms with Gasteiger partial charge in [0.25, 0.3) is 0 Å². The maximum absolute atomic E-state index is 6.01. The van der Waals surface area contributed by atoms with Crippen molar-refractivity contribution >= 4 is 27.5 Å². The Morgan fingerprint density at radius 1 is 1.31 bits per heavy atom. The van der Waals surface area contributed by atoms with Crippen molar-refractivity contribution < 1.29 is 4.74 Å². The van der Waals surface area contributed by atoms with Gasteiger partial charge in [0.1, 0.15) is 12.9 Å². The van der Waals surface area contributed by atoms with Gasteiger partial charge in [-0.3, -0.25) is 0 Å². The third-order valence-corrected chi connectivity index (χ3v) is 2.87. The lowest BCUT2D eigenvalue weighted by molar-refractivity contribution is 0.291. The molecule has 1 aromatic carbocycles. The van der Waals surface area contributed by atoms with Crippen molar-refractivity contribution in [2.24, 2.45) is 0 Å². The first-order chi connectivity index (χ1) is 7.77. The lowest BCUT2D eigenvalue weighted by Crippen LogP contribution is -1.98. The first-order valence-electron chi connectivity index (χ1n) is 4.59. The molecule has 0 unspecified atom stereocenters. The molecular weight excluding hydrogens is 291 g/mol. The molecule has 0 N–H and O–H groups in total. The molecule has 0 aliphatic heterocycles. The molecule has 0 aliphatic rings. The summed E-state index contributed by atoms with van der Waals surface area (Å²) in [7, 11) is 0. The minimum Gasteiger partial charge on any atom is -0.472 e. The van der Waals surface area contributed by atoms with E-state index in [2.05, 4.69) is 25.9 Å². The number of halogens is 2. The fourth-order valence-electron chi connectivity index (χ4n) is 1.17. The molecule has 0 amide bonds. The second-order valence-electron chi connectivity index (χ2n) is 3.06. The lowest BCUT2D eigenvalue weighted by Gasteiger charge is -2.07. The first kappa shape index (κ1) is 11.4. The zero-order chi connectivity index (χ0) is 11.4. The van der Waals surface area contributed by atoms with Gasteiger partial charge in [0.15, 0.2) is 0 Å². The number of aromatic nitrogens is 2. The van der Waals surface area contributed by atoms with E-state index in [4.69, 9.17) is 16.3 Å². The van der Waals surface area contributed by atoms with E-state index in [1.54, 1.807) is 6.20 Å². The van der Waals surface area contributed by atoms with Gasteiger partial charge in [0.2, 0.25) is 5.88 Å². The van der Waals surface area contributed by atoms with E-state index in [9.17, 15) is 0 Å². The molecule has 5 heteroatoms. The number of hydrogen-bond acceptors (Lipinski definition) is 3. The largest absolute Gasteiger partial charge is 0.472 e. The van der Waals surface area contributed by atoms with Crippen molar-refractivity contribution in [1.29, 1.82) is 0 Å². The van der Waals surface area contributed by atoms with Crippen LogP contribution in [0.2, 0.25) is 5.02 Å². The second kappa shape index (κ2) is 5.27. The molecular formula is C11H8BrClN2O. The van der Waals surface area contributed by atoms with Crippen molar-refractivity contribution in [3.63, 3.8) is 0 Å². The Bertz CT molecular complexity index is 447. The smallest absolute Gasteiger partial charge is 0.231 e. The van der Waals surface area contributed by atoms with Crippen LogP contribution in [0, 0.1) is 0 Å². The highest BCUT2D eigenvalue weighted by Gasteiger charge is 2.04. The van der Waals surface area contributed by atoms with Crippen LogP contribution in [-0.4, -0.2) is 9.97 Å². The predicted octanol–water partition coefficient (Wildman–Crippen LogP) is 3.47. The van der Waals surface area contributed by atoms with Gasteiger partial charge >= 0.3 is 0 Å². The van der Waals surface area contributed by atoms with Crippen molar-refractivity contribution in [3.8, 4) is 5.88 Å². The Kier molecular flexibility index (Phi) is 3.74. The maximum atomic E-state index is 6.01. The second-order valence-corrected chi connectivity index (χ2v) is 4.32. The van der Waals surface area contributed by atoms with Crippen LogP contribution in [0.15, 0.2) is 41.3 Å². The van der Waals surface area contributed by atoms with Gasteiger partial charge in [0, 0.05) is 16.8 Å². The van der Waals surface area contributed by atoms with Gasteiger partial charge in [-0.05, 0) is 22.0 Å². The predicted molar refractivity (Wildman–Crippen MR) is 65.5 cm³/mol. The number of nitrogens with zero attached hydrogens (tertiary/aromatic N) is 2. The highest BCUT2D eigenvalue weighted by molar-refractivity contribution is 9.10. The molecule has 0 saturated carbocycles. The minimum absolute atomic E-state index is 0.384. The van der Waals surface area contributed by atoms with Gasteiger partial charge in [0.05, 0.1) is 4.47 Å². The summed E-state index contributed by atoms with van der Waals surface area (Å²) in [4.78, 5) is 7.85. The fourth-order valence-corrected chi connectivity index (χ4v) is 1.69.